The van der Waals surface area contributed by atoms with Crippen molar-refractivity contribution in [3.8, 4) is 0 Å². The van der Waals surface area contributed by atoms with Gasteiger partial charge >= 0.3 is 5.97 Å². The van der Waals surface area contributed by atoms with Gasteiger partial charge in [0.15, 0.2) is 0 Å². The van der Waals surface area contributed by atoms with Gasteiger partial charge in [0.25, 0.3) is 0 Å². The molecular weight excluding hydrogens is 430 g/mol. The number of carbonyl (C=O) groups is 3. The Balaban J connectivity index is 1.62. The molecule has 0 aliphatic carbocycles. The number of hydrogen-bond donors (Lipinski definition) is 2. The number of carbonyl (C=O) groups excluding carboxylic acids is 2. The van der Waals surface area contributed by atoms with Crippen molar-refractivity contribution in [2.24, 2.45) is 11.8 Å². The van der Waals surface area contributed by atoms with Gasteiger partial charge in [0.05, 0.1) is 24.1 Å². The van der Waals surface area contributed by atoms with Crippen LogP contribution >= 0.6 is 0 Å². The van der Waals surface area contributed by atoms with Crippen molar-refractivity contribution >= 4 is 17.8 Å². The second-order valence-corrected chi connectivity index (χ2v) is 9.00. The molecule has 2 aromatic carbocycles. The van der Waals surface area contributed by atoms with Gasteiger partial charge in [-0.25, -0.2) is 0 Å². The summed E-state index contributed by atoms with van der Waals surface area (Å²) in [6, 6.07) is 21.5. The zero-order valence-corrected chi connectivity index (χ0v) is 18.7. The Labute approximate surface area is 197 Å². The van der Waals surface area contributed by atoms with Crippen LogP contribution in [0.3, 0.4) is 0 Å². The molecule has 1 aromatic heterocycles. The van der Waals surface area contributed by atoms with E-state index in [-0.39, 0.29) is 18.9 Å². The number of benzene rings is 2. The predicted octanol–water partition coefficient (Wildman–Crippen LogP) is 2.90. The maximum absolute atomic E-state index is 13.7. The van der Waals surface area contributed by atoms with Crippen LogP contribution in [0.5, 0.6) is 0 Å². The first-order chi connectivity index (χ1) is 16.4. The number of aryl methyl sites for hydroxylation is 1. The number of fused-ring (bicyclic) bond motifs is 1. The smallest absolute Gasteiger partial charge is 0.325 e. The van der Waals surface area contributed by atoms with Crippen molar-refractivity contribution < 1.29 is 19.5 Å². The number of amides is 2. The third-order valence-corrected chi connectivity index (χ3v) is 7.02. The first kappa shape index (κ1) is 22.0. The number of hydrogen-bond acceptors (Lipinski definition) is 5. The van der Waals surface area contributed by atoms with Crippen molar-refractivity contribution in [2.75, 3.05) is 0 Å². The lowest BCUT2D eigenvalue weighted by Crippen LogP contribution is -2.57. The number of rotatable bonds is 6. The Kier molecular flexibility index (Phi) is 5.49. The Morgan fingerprint density at radius 1 is 1.00 bits per heavy atom. The Hall–Kier alpha value is -3.84. The van der Waals surface area contributed by atoms with E-state index in [0.717, 1.165) is 16.7 Å². The van der Waals surface area contributed by atoms with Crippen LogP contribution in [0.25, 0.3) is 0 Å². The molecule has 2 amide bonds. The maximum Gasteiger partial charge on any atom is 0.325 e. The summed E-state index contributed by atoms with van der Waals surface area (Å²) in [6.45, 7) is 1.95. The average molecular weight is 456 g/mol. The molecule has 2 fully saturated rings. The summed E-state index contributed by atoms with van der Waals surface area (Å²) in [4.78, 5) is 45.8. The van der Waals surface area contributed by atoms with Gasteiger partial charge in [-0.05, 0) is 35.7 Å². The topological polar surface area (TPSA) is 99.6 Å². The normalized spacial score (nSPS) is 26.0. The third-order valence-electron chi connectivity index (χ3n) is 7.02. The molecule has 34 heavy (non-hydrogen) atoms. The molecule has 2 aliphatic rings. The number of carboxylic acids is 1. The lowest BCUT2D eigenvalue weighted by molar-refractivity contribution is -0.151. The van der Waals surface area contributed by atoms with Gasteiger partial charge in [-0.1, -0.05) is 60.7 Å². The first-order valence-electron chi connectivity index (χ1n) is 11.3. The molecule has 0 saturated carbocycles. The molecule has 4 atom stereocenters. The van der Waals surface area contributed by atoms with Crippen LogP contribution in [0.15, 0.2) is 79.0 Å². The van der Waals surface area contributed by atoms with Crippen molar-refractivity contribution in [3.05, 3.63) is 101 Å². The summed E-state index contributed by atoms with van der Waals surface area (Å²) in [6.07, 6.45) is 1.69. The number of carboxylic acid groups (broad SMARTS) is 1. The fourth-order valence-corrected chi connectivity index (χ4v) is 5.43. The van der Waals surface area contributed by atoms with E-state index in [4.69, 9.17) is 0 Å². The summed E-state index contributed by atoms with van der Waals surface area (Å²) in [7, 11) is 0. The van der Waals surface area contributed by atoms with E-state index in [2.05, 4.69) is 10.3 Å². The number of aromatic nitrogens is 1. The molecule has 0 radical (unpaired) electrons. The highest BCUT2D eigenvalue weighted by atomic mass is 16.4. The third kappa shape index (κ3) is 3.49. The van der Waals surface area contributed by atoms with Gasteiger partial charge in [-0.2, -0.15) is 0 Å². The molecule has 0 spiro atoms. The van der Waals surface area contributed by atoms with Gasteiger partial charge < -0.3 is 5.11 Å². The van der Waals surface area contributed by atoms with Crippen LogP contribution in [-0.2, 0) is 27.3 Å². The molecular formula is C27H25N3O4. The second-order valence-electron chi connectivity index (χ2n) is 9.00. The quantitative estimate of drug-likeness (QED) is 0.555. The molecule has 0 bridgehead atoms. The SMILES string of the molecule is Cc1ccccc1C1NC(Cc2ccccc2)(C(=O)O)C2C(=O)N(Cc3ccccn3)C(=O)C12. The molecule has 7 nitrogen and oxygen atoms in total. The van der Waals surface area contributed by atoms with Crippen LogP contribution in [0.1, 0.15) is 28.4 Å². The Morgan fingerprint density at radius 3 is 2.38 bits per heavy atom. The zero-order chi connectivity index (χ0) is 23.9. The van der Waals surface area contributed by atoms with Crippen molar-refractivity contribution in [2.45, 2.75) is 31.5 Å². The minimum absolute atomic E-state index is 0.0209. The van der Waals surface area contributed by atoms with Crippen LogP contribution in [0.4, 0.5) is 0 Å². The monoisotopic (exact) mass is 455 g/mol. The van der Waals surface area contributed by atoms with Crippen molar-refractivity contribution in [1.82, 2.24) is 15.2 Å². The first-order valence-corrected chi connectivity index (χ1v) is 11.3. The molecule has 2 saturated heterocycles. The van der Waals surface area contributed by atoms with Crippen molar-refractivity contribution in [1.29, 1.82) is 0 Å². The van der Waals surface area contributed by atoms with Gasteiger partial charge in [0, 0.05) is 18.7 Å². The molecule has 5 rings (SSSR count). The fraction of sp³-hybridized carbons (Fsp3) is 0.259. The largest absolute Gasteiger partial charge is 0.480 e. The van der Waals surface area contributed by atoms with Gasteiger partial charge in [0.1, 0.15) is 5.54 Å². The van der Waals surface area contributed by atoms with Crippen LogP contribution in [-0.4, -0.2) is 38.3 Å². The lowest BCUT2D eigenvalue weighted by Gasteiger charge is -2.31. The van der Waals surface area contributed by atoms with Gasteiger partial charge in [0.2, 0.25) is 11.8 Å². The predicted molar refractivity (Wildman–Crippen MR) is 124 cm³/mol. The van der Waals surface area contributed by atoms with E-state index < -0.39 is 35.3 Å². The van der Waals surface area contributed by atoms with Crippen LogP contribution in [0, 0.1) is 18.8 Å². The highest BCUT2D eigenvalue weighted by Crippen LogP contribution is 2.50. The standard InChI is InChI=1S/C27H25N3O4/c1-17-9-5-6-13-20(17)23-21-22(25(32)30(24(21)31)16-19-12-7-8-14-28-19)27(29-23,26(33)34)15-18-10-3-2-4-11-18/h2-14,21-23,29H,15-16H2,1H3,(H,33,34). The van der Waals surface area contributed by atoms with Crippen LogP contribution < -0.4 is 5.32 Å². The Bertz CT molecular complexity index is 1250. The van der Waals surface area contributed by atoms with E-state index in [1.54, 1.807) is 24.4 Å². The van der Waals surface area contributed by atoms with E-state index in [1.165, 1.54) is 4.90 Å². The number of nitrogens with one attached hydrogen (secondary N) is 1. The minimum atomic E-state index is -1.62. The molecule has 2 N–H and O–H groups in total. The number of pyridine rings is 1. The number of imide groups is 1. The van der Waals surface area contributed by atoms with Gasteiger partial charge in [-0.15, -0.1) is 0 Å². The molecule has 3 aromatic rings. The van der Waals surface area contributed by atoms with Gasteiger partial charge in [-0.3, -0.25) is 29.6 Å². The highest BCUT2D eigenvalue weighted by molar-refractivity contribution is 6.09. The number of nitrogens with zero attached hydrogens (tertiary/aromatic N) is 2. The minimum Gasteiger partial charge on any atom is -0.480 e. The summed E-state index contributed by atoms with van der Waals surface area (Å²) in [5.74, 6) is -3.83. The molecule has 2 aliphatic heterocycles. The molecule has 3 heterocycles. The van der Waals surface area contributed by atoms with E-state index >= 15 is 0 Å². The van der Waals surface area contributed by atoms with Crippen LogP contribution in [0.2, 0.25) is 0 Å². The average Bonchev–Trinajstić information content (AvgIpc) is 3.31. The zero-order valence-electron chi connectivity index (χ0n) is 18.7. The van der Waals surface area contributed by atoms with Crippen molar-refractivity contribution in [3.63, 3.8) is 0 Å². The number of likely N-dealkylation sites (tertiary alicyclic amines) is 1. The fourth-order valence-electron chi connectivity index (χ4n) is 5.43. The molecule has 4 unspecified atom stereocenters. The van der Waals surface area contributed by atoms with E-state index in [9.17, 15) is 19.5 Å². The molecule has 7 heteroatoms. The summed E-state index contributed by atoms with van der Waals surface area (Å²) in [5.41, 5.74) is 1.50. The summed E-state index contributed by atoms with van der Waals surface area (Å²) in [5, 5.41) is 13.8. The Morgan fingerprint density at radius 2 is 1.71 bits per heavy atom. The molecule has 172 valence electrons. The van der Waals surface area contributed by atoms with E-state index in [0.29, 0.717) is 5.69 Å². The summed E-state index contributed by atoms with van der Waals surface area (Å²) < 4.78 is 0. The van der Waals surface area contributed by atoms with E-state index in [1.807, 2.05) is 61.5 Å². The second kappa shape index (κ2) is 8.50. The highest BCUT2D eigenvalue weighted by Gasteiger charge is 2.68. The lowest BCUT2D eigenvalue weighted by atomic mass is 9.76. The number of aliphatic carboxylic acids is 1. The summed E-state index contributed by atoms with van der Waals surface area (Å²) >= 11 is 0. The maximum atomic E-state index is 13.7.